The van der Waals surface area contributed by atoms with Crippen LogP contribution in [0.3, 0.4) is 0 Å². The van der Waals surface area contributed by atoms with E-state index in [0.717, 1.165) is 11.1 Å². The molecule has 18 heavy (non-hydrogen) atoms. The zero-order chi connectivity index (χ0) is 12.5. The first-order chi connectivity index (χ1) is 8.77. The van der Waals surface area contributed by atoms with Crippen molar-refractivity contribution in [2.75, 3.05) is 0 Å². The molecular weight excluding hydrogens is 230 g/mol. The fraction of sp³-hybridized carbons (Fsp3) is 0.0714. The predicted molar refractivity (Wildman–Crippen MR) is 65.6 cm³/mol. The number of nitro groups is 1. The highest BCUT2D eigenvalue weighted by Crippen LogP contribution is 2.45. The Morgan fingerprint density at radius 1 is 1.00 bits per heavy atom. The Morgan fingerprint density at radius 2 is 1.67 bits per heavy atom. The van der Waals surface area contributed by atoms with Crippen LogP contribution in [-0.4, -0.2) is 4.92 Å². The van der Waals surface area contributed by atoms with Crippen LogP contribution >= 0.6 is 0 Å². The van der Waals surface area contributed by atoms with Gasteiger partial charge in [-0.3, -0.25) is 10.1 Å². The quantitative estimate of drug-likeness (QED) is 0.599. The normalized spacial score (nSPS) is 18.1. The van der Waals surface area contributed by atoms with Gasteiger partial charge in [0.2, 0.25) is 0 Å². The number of rotatable bonds is 2. The van der Waals surface area contributed by atoms with E-state index in [1.54, 1.807) is 6.07 Å². The number of benzene rings is 2. The lowest BCUT2D eigenvalue weighted by Gasteiger charge is -2.09. The van der Waals surface area contributed by atoms with E-state index in [9.17, 15) is 10.1 Å². The summed E-state index contributed by atoms with van der Waals surface area (Å²) >= 11 is 0. The van der Waals surface area contributed by atoms with Crippen LogP contribution in [-0.2, 0) is 0 Å². The van der Waals surface area contributed by atoms with Gasteiger partial charge >= 0.3 is 6.23 Å². The largest absolute Gasteiger partial charge is 0.484 e. The van der Waals surface area contributed by atoms with E-state index in [2.05, 4.69) is 0 Å². The van der Waals surface area contributed by atoms with Crippen LogP contribution in [0.1, 0.15) is 17.0 Å². The van der Waals surface area contributed by atoms with Gasteiger partial charge in [0, 0.05) is 5.56 Å². The fourth-order valence-electron chi connectivity index (χ4n) is 2.23. The van der Waals surface area contributed by atoms with E-state index in [0.29, 0.717) is 5.75 Å². The monoisotopic (exact) mass is 240 g/mol. The zero-order valence-electron chi connectivity index (χ0n) is 9.45. The molecule has 1 aliphatic heterocycles. The van der Waals surface area contributed by atoms with Gasteiger partial charge < -0.3 is 4.74 Å². The van der Waals surface area contributed by atoms with Crippen LogP contribution in [0.5, 0.6) is 5.75 Å². The average molecular weight is 240 g/mol. The van der Waals surface area contributed by atoms with Crippen molar-refractivity contribution in [3.05, 3.63) is 82.1 Å². The molecule has 0 N–H and O–H groups in total. The molecule has 89 valence electrons. The Morgan fingerprint density at radius 3 is 2.39 bits per heavy atom. The Hall–Kier alpha value is -2.36. The first-order valence-corrected chi connectivity index (χ1v) is 5.60. The van der Waals surface area contributed by atoms with Gasteiger partial charge in [-0.15, -0.1) is 0 Å². The number of hydrogen-bond acceptors (Lipinski definition) is 3. The third-order valence-corrected chi connectivity index (χ3v) is 3.00. The maximum Gasteiger partial charge on any atom is 0.484 e. The highest BCUT2D eigenvalue weighted by molar-refractivity contribution is 5.48. The first kappa shape index (κ1) is 10.8. The second-order valence-corrected chi connectivity index (χ2v) is 4.08. The molecule has 0 saturated heterocycles. The topological polar surface area (TPSA) is 52.4 Å². The van der Waals surface area contributed by atoms with Crippen molar-refractivity contribution in [3.63, 3.8) is 0 Å². The molecule has 0 saturated carbocycles. The van der Waals surface area contributed by atoms with Crippen LogP contribution in [0, 0.1) is 16.3 Å². The summed E-state index contributed by atoms with van der Waals surface area (Å²) in [6.07, 6.45) is -0.123. The van der Waals surface area contributed by atoms with Gasteiger partial charge in [-0.05, 0) is 11.6 Å². The summed E-state index contributed by atoms with van der Waals surface area (Å²) in [5.74, 6) is 0.149. The van der Waals surface area contributed by atoms with Crippen LogP contribution < -0.4 is 4.74 Å². The van der Waals surface area contributed by atoms with Gasteiger partial charge in [0.15, 0.2) is 0 Å². The van der Waals surface area contributed by atoms with Crippen molar-refractivity contribution in [1.82, 2.24) is 0 Å². The van der Waals surface area contributed by atoms with E-state index in [1.807, 2.05) is 48.5 Å². The third kappa shape index (κ3) is 1.62. The van der Waals surface area contributed by atoms with Gasteiger partial charge in [0.1, 0.15) is 11.7 Å². The van der Waals surface area contributed by atoms with E-state index in [-0.39, 0.29) is 6.23 Å². The van der Waals surface area contributed by atoms with E-state index in [1.165, 1.54) is 0 Å². The number of para-hydroxylation sites is 1. The molecule has 0 aliphatic carbocycles. The maximum atomic E-state index is 11.1. The molecule has 0 fully saturated rings. The van der Waals surface area contributed by atoms with Crippen LogP contribution in [0.15, 0.2) is 54.6 Å². The van der Waals surface area contributed by atoms with Crippen molar-refractivity contribution in [2.45, 2.75) is 5.92 Å². The Balaban J connectivity index is 2.11. The summed E-state index contributed by atoms with van der Waals surface area (Å²) in [4.78, 5) is 10.7. The molecule has 2 aromatic rings. The summed E-state index contributed by atoms with van der Waals surface area (Å²) in [6.45, 7) is 0. The number of fused-ring (bicyclic) bond motifs is 1. The lowest BCUT2D eigenvalue weighted by molar-refractivity contribution is -0.500. The molecule has 1 radical (unpaired) electrons. The molecule has 1 heterocycles. The Labute approximate surface area is 104 Å². The highest BCUT2D eigenvalue weighted by Gasteiger charge is 2.47. The Bertz CT molecular complexity index is 583. The summed E-state index contributed by atoms with van der Waals surface area (Å²) < 4.78 is 5.35. The minimum absolute atomic E-state index is 0.123. The van der Waals surface area contributed by atoms with E-state index >= 15 is 0 Å². The Kier molecular flexibility index (Phi) is 2.48. The standard InChI is InChI=1S/C14H10NO3/c16-15(17)14-13(10-6-2-1-3-7-10)11-8-4-5-9-12(11)18-14/h1-9,13H. The third-order valence-electron chi connectivity index (χ3n) is 3.00. The summed E-state index contributed by atoms with van der Waals surface area (Å²) in [5, 5.41) is 11.1. The van der Waals surface area contributed by atoms with Crippen molar-refractivity contribution < 1.29 is 9.66 Å². The lowest BCUT2D eigenvalue weighted by Crippen LogP contribution is -2.19. The molecule has 4 nitrogen and oxygen atoms in total. The molecule has 0 amide bonds. The van der Waals surface area contributed by atoms with Crippen molar-refractivity contribution >= 4 is 0 Å². The average Bonchev–Trinajstić information content (AvgIpc) is 2.79. The highest BCUT2D eigenvalue weighted by atomic mass is 16.7. The molecule has 2 aromatic carbocycles. The van der Waals surface area contributed by atoms with Gasteiger partial charge in [0.05, 0.1) is 4.92 Å². The first-order valence-electron chi connectivity index (χ1n) is 5.60. The van der Waals surface area contributed by atoms with Crippen molar-refractivity contribution in [2.24, 2.45) is 0 Å². The van der Waals surface area contributed by atoms with Crippen LogP contribution in [0.25, 0.3) is 0 Å². The minimum atomic E-state index is -0.447. The summed E-state index contributed by atoms with van der Waals surface area (Å²) in [5.41, 5.74) is 1.71. The SMILES string of the molecule is O=[N+]([O-])[C]1Oc2ccccc2C1c1ccccc1. The van der Waals surface area contributed by atoms with Gasteiger partial charge in [-0.2, -0.15) is 0 Å². The van der Waals surface area contributed by atoms with Crippen LogP contribution in [0.4, 0.5) is 0 Å². The van der Waals surface area contributed by atoms with Crippen molar-refractivity contribution in [1.29, 1.82) is 0 Å². The van der Waals surface area contributed by atoms with Gasteiger partial charge in [-0.1, -0.05) is 48.5 Å². The summed E-state index contributed by atoms with van der Waals surface area (Å²) in [6, 6.07) is 16.7. The summed E-state index contributed by atoms with van der Waals surface area (Å²) in [7, 11) is 0. The van der Waals surface area contributed by atoms with E-state index in [4.69, 9.17) is 4.74 Å². The molecule has 0 aromatic heterocycles. The molecule has 1 atom stereocenters. The minimum Gasteiger partial charge on any atom is -0.419 e. The zero-order valence-corrected chi connectivity index (χ0v) is 9.45. The molecular formula is C14H10NO3. The molecule has 1 unspecified atom stereocenters. The predicted octanol–water partition coefficient (Wildman–Crippen LogP) is 2.98. The van der Waals surface area contributed by atoms with Gasteiger partial charge in [0.25, 0.3) is 0 Å². The number of nitrogens with zero attached hydrogens (tertiary/aromatic N) is 1. The smallest absolute Gasteiger partial charge is 0.419 e. The number of ether oxygens (including phenoxy) is 1. The molecule has 0 bridgehead atoms. The van der Waals surface area contributed by atoms with E-state index < -0.39 is 10.8 Å². The second-order valence-electron chi connectivity index (χ2n) is 4.08. The fourth-order valence-corrected chi connectivity index (χ4v) is 2.23. The molecule has 1 aliphatic rings. The second kappa shape index (κ2) is 4.14. The maximum absolute atomic E-state index is 11.1. The lowest BCUT2D eigenvalue weighted by atomic mass is 9.91. The molecule has 4 heteroatoms. The number of hydrogen-bond donors (Lipinski definition) is 0. The van der Waals surface area contributed by atoms with Crippen LogP contribution in [0.2, 0.25) is 0 Å². The molecule has 3 rings (SSSR count). The van der Waals surface area contributed by atoms with Crippen molar-refractivity contribution in [3.8, 4) is 5.75 Å². The molecule has 0 spiro atoms. The van der Waals surface area contributed by atoms with Gasteiger partial charge in [-0.25, -0.2) is 0 Å².